The quantitative estimate of drug-likeness (QED) is 0.551. The van der Waals surface area contributed by atoms with Gasteiger partial charge in [0.2, 0.25) is 5.91 Å². The largest absolute Gasteiger partial charge is 0.466 e. The summed E-state index contributed by atoms with van der Waals surface area (Å²) in [5.74, 6) is -1.18. The van der Waals surface area contributed by atoms with Crippen molar-refractivity contribution in [3.05, 3.63) is 93.9 Å². The van der Waals surface area contributed by atoms with Crippen LogP contribution in [0.5, 0.6) is 0 Å². The minimum Gasteiger partial charge on any atom is -0.466 e. The summed E-state index contributed by atoms with van der Waals surface area (Å²) in [5, 5.41) is 5.46. The van der Waals surface area contributed by atoms with Gasteiger partial charge in [-0.2, -0.15) is 0 Å². The highest BCUT2D eigenvalue weighted by Gasteiger charge is 2.42. The number of halogens is 1. The van der Waals surface area contributed by atoms with Gasteiger partial charge in [-0.3, -0.25) is 4.79 Å². The van der Waals surface area contributed by atoms with Crippen molar-refractivity contribution >= 4 is 28.8 Å². The van der Waals surface area contributed by atoms with E-state index >= 15 is 4.39 Å². The summed E-state index contributed by atoms with van der Waals surface area (Å²) in [6, 6.07) is 15.1. The number of ether oxygens (including phenoxy) is 1. The molecule has 34 heavy (non-hydrogen) atoms. The molecule has 0 saturated heterocycles. The third-order valence-corrected chi connectivity index (χ3v) is 6.74. The Labute approximate surface area is 202 Å². The number of esters is 1. The van der Waals surface area contributed by atoms with E-state index < -0.39 is 17.8 Å². The molecular weight excluding hydrogens is 453 g/mol. The highest BCUT2D eigenvalue weighted by atomic mass is 32.2. The van der Waals surface area contributed by atoms with Gasteiger partial charge in [0, 0.05) is 11.3 Å². The number of methoxy groups -OCH3 is 1. The van der Waals surface area contributed by atoms with Crippen molar-refractivity contribution in [2.24, 2.45) is 4.99 Å². The number of carbonyl (C=O) groups excluding carboxylic acids is 2. The maximum atomic E-state index is 15.0. The van der Waals surface area contributed by atoms with Crippen LogP contribution in [0.15, 0.2) is 82.0 Å². The molecule has 2 aliphatic heterocycles. The number of carbonyl (C=O) groups is 2. The molecule has 1 amide bonds. The molecule has 0 unspecified atom stereocenters. The van der Waals surface area contributed by atoms with Crippen LogP contribution in [0.2, 0.25) is 0 Å². The third-order valence-electron chi connectivity index (χ3n) is 5.85. The number of nitrogens with zero attached hydrogens (tertiary/aromatic N) is 2. The molecule has 2 aromatic carbocycles. The number of allylic oxidation sites excluding steroid dienone is 1. The summed E-state index contributed by atoms with van der Waals surface area (Å²) < 4.78 is 20.1. The van der Waals surface area contributed by atoms with Gasteiger partial charge < -0.3 is 15.0 Å². The Morgan fingerprint density at radius 1 is 1.18 bits per heavy atom. The number of benzene rings is 2. The fourth-order valence-electron chi connectivity index (χ4n) is 4.19. The Kier molecular flexibility index (Phi) is 7.17. The molecular formula is C26H26FN3O3S. The fourth-order valence-corrected chi connectivity index (χ4v) is 5.12. The minimum atomic E-state index is -0.781. The van der Waals surface area contributed by atoms with E-state index in [9.17, 15) is 9.59 Å². The monoisotopic (exact) mass is 479 g/mol. The number of rotatable bonds is 7. The lowest BCUT2D eigenvalue weighted by atomic mass is 9.92. The predicted octanol–water partition coefficient (Wildman–Crippen LogP) is 5.23. The number of hydrogen-bond acceptors (Lipinski definition) is 6. The zero-order valence-corrected chi connectivity index (χ0v) is 20.1. The van der Waals surface area contributed by atoms with E-state index in [1.165, 1.54) is 24.9 Å². The molecule has 2 atom stereocenters. The molecule has 2 aromatic rings. The van der Waals surface area contributed by atoms with Gasteiger partial charge >= 0.3 is 5.97 Å². The van der Waals surface area contributed by atoms with E-state index in [-0.39, 0.29) is 23.9 Å². The molecule has 0 bridgehead atoms. The van der Waals surface area contributed by atoms with Gasteiger partial charge in [-0.05, 0) is 30.4 Å². The summed E-state index contributed by atoms with van der Waals surface area (Å²) in [4.78, 5) is 32.2. The van der Waals surface area contributed by atoms with Crippen molar-refractivity contribution in [3.63, 3.8) is 0 Å². The van der Waals surface area contributed by atoms with Crippen LogP contribution in [-0.4, -0.2) is 29.1 Å². The summed E-state index contributed by atoms with van der Waals surface area (Å²) in [7, 11) is 1.30. The number of nitrogens with one attached hydrogen (secondary N) is 1. The zero-order chi connectivity index (χ0) is 24.2. The second kappa shape index (κ2) is 10.3. The van der Waals surface area contributed by atoms with Crippen molar-refractivity contribution in [1.82, 2.24) is 10.2 Å². The fraction of sp³-hybridized carbons (Fsp3) is 0.269. The molecule has 0 saturated carbocycles. The molecule has 0 aromatic heterocycles. The van der Waals surface area contributed by atoms with Gasteiger partial charge in [0.25, 0.3) is 0 Å². The van der Waals surface area contributed by atoms with E-state index in [1.807, 2.05) is 49.6 Å². The minimum absolute atomic E-state index is 0.0596. The van der Waals surface area contributed by atoms with E-state index in [0.29, 0.717) is 28.5 Å². The van der Waals surface area contributed by atoms with Gasteiger partial charge in [-0.25, -0.2) is 14.2 Å². The third kappa shape index (κ3) is 4.63. The van der Waals surface area contributed by atoms with E-state index in [2.05, 4.69) is 10.3 Å². The van der Waals surface area contributed by atoms with Crippen molar-refractivity contribution in [2.45, 2.75) is 38.8 Å². The van der Waals surface area contributed by atoms with E-state index in [4.69, 9.17) is 4.74 Å². The lowest BCUT2D eigenvalue weighted by Gasteiger charge is -2.36. The van der Waals surface area contributed by atoms with Crippen LogP contribution in [0.3, 0.4) is 0 Å². The van der Waals surface area contributed by atoms with E-state index in [1.54, 1.807) is 23.1 Å². The van der Waals surface area contributed by atoms with Crippen LogP contribution in [-0.2, 0) is 14.3 Å². The second-order valence-corrected chi connectivity index (χ2v) is 8.83. The summed E-state index contributed by atoms with van der Waals surface area (Å²) in [6.45, 7) is 3.81. The average Bonchev–Trinajstić information content (AvgIpc) is 3.25. The summed E-state index contributed by atoms with van der Waals surface area (Å²) in [6.07, 6.45) is 0.543. The Morgan fingerprint density at radius 3 is 2.56 bits per heavy atom. The standard InChI is InChI=1S/C26H26FN3O3S/c1-4-21-23(25(32)33-3)24(19-12-8-9-13-20(19)27)30-18(15-34-26(30)29-21)14-22(31)28-16(2)17-10-6-5-7-11-17/h5-13,15-16,24H,4,14H2,1-3H3,(H,28,31)/t16-,24+/m1/s1. The number of thioether (sulfide) groups is 1. The van der Waals surface area contributed by atoms with Gasteiger partial charge in [-0.1, -0.05) is 67.2 Å². The van der Waals surface area contributed by atoms with Crippen LogP contribution in [0.1, 0.15) is 49.9 Å². The van der Waals surface area contributed by atoms with Gasteiger partial charge in [0.05, 0.1) is 36.9 Å². The molecule has 1 N–H and O–H groups in total. The number of hydrogen-bond donors (Lipinski definition) is 1. The molecule has 6 nitrogen and oxygen atoms in total. The molecule has 0 fully saturated rings. The molecule has 0 radical (unpaired) electrons. The highest BCUT2D eigenvalue weighted by molar-refractivity contribution is 8.16. The zero-order valence-electron chi connectivity index (χ0n) is 19.2. The SMILES string of the molecule is CCC1=C(C(=O)OC)[C@H](c2ccccc2F)N2C(CC(=O)N[C@H](C)c3ccccc3)=CSC2=N1. The van der Waals surface area contributed by atoms with Crippen molar-refractivity contribution < 1.29 is 18.7 Å². The topological polar surface area (TPSA) is 71.0 Å². The smallest absolute Gasteiger partial charge is 0.338 e. The van der Waals surface area contributed by atoms with E-state index in [0.717, 1.165) is 5.56 Å². The molecule has 2 heterocycles. The molecule has 4 rings (SSSR count). The van der Waals surface area contributed by atoms with Gasteiger partial charge in [0.15, 0.2) is 5.17 Å². The lowest BCUT2D eigenvalue weighted by Crippen LogP contribution is -2.38. The highest BCUT2D eigenvalue weighted by Crippen LogP contribution is 2.45. The first kappa shape index (κ1) is 23.8. The first-order chi connectivity index (χ1) is 16.4. The van der Waals surface area contributed by atoms with Crippen LogP contribution < -0.4 is 5.32 Å². The number of fused-ring (bicyclic) bond motifs is 1. The van der Waals surface area contributed by atoms with Crippen LogP contribution >= 0.6 is 11.8 Å². The maximum Gasteiger partial charge on any atom is 0.338 e. The second-order valence-electron chi connectivity index (χ2n) is 8.00. The number of amidine groups is 1. The Balaban J connectivity index is 1.66. The molecule has 8 heteroatoms. The Bertz CT molecular complexity index is 1190. The van der Waals surface area contributed by atoms with Crippen LogP contribution in [0, 0.1) is 5.82 Å². The van der Waals surface area contributed by atoms with Crippen LogP contribution in [0.4, 0.5) is 4.39 Å². The van der Waals surface area contributed by atoms with Gasteiger partial charge in [0.1, 0.15) is 5.82 Å². The van der Waals surface area contributed by atoms with Crippen molar-refractivity contribution in [1.29, 1.82) is 0 Å². The maximum absolute atomic E-state index is 15.0. The lowest BCUT2D eigenvalue weighted by molar-refractivity contribution is -0.136. The Morgan fingerprint density at radius 2 is 1.88 bits per heavy atom. The van der Waals surface area contributed by atoms with Crippen molar-refractivity contribution in [2.75, 3.05) is 7.11 Å². The Hall–Kier alpha value is -3.39. The molecule has 0 spiro atoms. The number of amides is 1. The molecule has 176 valence electrons. The number of aliphatic imine (C=N–C) groups is 1. The average molecular weight is 480 g/mol. The van der Waals surface area contributed by atoms with Crippen LogP contribution in [0.25, 0.3) is 0 Å². The molecule has 2 aliphatic rings. The van der Waals surface area contributed by atoms with Crippen molar-refractivity contribution in [3.8, 4) is 0 Å². The predicted molar refractivity (Wildman–Crippen MR) is 131 cm³/mol. The normalized spacial score (nSPS) is 18.1. The summed E-state index contributed by atoms with van der Waals surface area (Å²) in [5.41, 5.74) is 2.80. The first-order valence-electron chi connectivity index (χ1n) is 11.1. The van der Waals surface area contributed by atoms with Gasteiger partial charge in [-0.15, -0.1) is 0 Å². The molecule has 0 aliphatic carbocycles. The summed E-state index contributed by atoms with van der Waals surface area (Å²) >= 11 is 1.36. The first-order valence-corrected chi connectivity index (χ1v) is 12.0.